The number of thioether (sulfide) groups is 1. The summed E-state index contributed by atoms with van der Waals surface area (Å²) in [5.41, 5.74) is 0.300. The number of rotatable bonds is 5. The van der Waals surface area contributed by atoms with Gasteiger partial charge in [-0.05, 0) is 30.7 Å². The summed E-state index contributed by atoms with van der Waals surface area (Å²) in [6.07, 6.45) is 0.741. The zero-order valence-electron chi connectivity index (χ0n) is 8.51. The van der Waals surface area contributed by atoms with Crippen LogP contribution in [0, 0.1) is 0 Å². The van der Waals surface area contributed by atoms with E-state index >= 15 is 0 Å². The second-order valence-electron chi connectivity index (χ2n) is 3.27. The van der Waals surface area contributed by atoms with Gasteiger partial charge < -0.3 is 10.2 Å². The van der Waals surface area contributed by atoms with Crippen molar-refractivity contribution in [2.45, 2.75) is 23.5 Å². The summed E-state index contributed by atoms with van der Waals surface area (Å²) in [7, 11) is 0. The molecule has 0 saturated heterocycles. The molecule has 0 aromatic heterocycles. The van der Waals surface area contributed by atoms with Gasteiger partial charge in [0.05, 0.1) is 5.56 Å². The number of carboxylic acid groups (broad SMARTS) is 1. The van der Waals surface area contributed by atoms with Crippen LogP contribution in [-0.2, 0) is 0 Å². The number of aromatic carboxylic acids is 1. The van der Waals surface area contributed by atoms with Crippen molar-refractivity contribution in [1.82, 2.24) is 0 Å². The molecule has 82 valence electrons. The van der Waals surface area contributed by atoms with Crippen molar-refractivity contribution in [3.63, 3.8) is 0 Å². The predicted molar refractivity (Wildman–Crippen MR) is 60.4 cm³/mol. The molecular formula is C11H14O3S. The van der Waals surface area contributed by atoms with Gasteiger partial charge >= 0.3 is 5.97 Å². The summed E-state index contributed by atoms with van der Waals surface area (Å²) in [6.45, 7) is 2.22. The van der Waals surface area contributed by atoms with Gasteiger partial charge in [0.2, 0.25) is 0 Å². The van der Waals surface area contributed by atoms with Gasteiger partial charge in [-0.1, -0.05) is 6.92 Å². The van der Waals surface area contributed by atoms with Crippen LogP contribution >= 0.6 is 11.8 Å². The van der Waals surface area contributed by atoms with E-state index in [0.717, 1.165) is 11.3 Å². The third-order valence-electron chi connectivity index (χ3n) is 1.97. The first kappa shape index (κ1) is 12.1. The van der Waals surface area contributed by atoms with Gasteiger partial charge in [0.15, 0.2) is 0 Å². The standard InChI is InChI=1S/C11H14O3S/c1-8(6-7-12)15-10-4-2-9(3-5-10)11(13)14/h2-5,8,12H,6-7H2,1H3,(H,13,14). The molecule has 0 heterocycles. The number of hydrogen-bond donors (Lipinski definition) is 2. The molecule has 0 aliphatic heterocycles. The molecule has 4 heteroatoms. The van der Waals surface area contributed by atoms with Gasteiger partial charge in [-0.3, -0.25) is 0 Å². The van der Waals surface area contributed by atoms with E-state index in [1.54, 1.807) is 36.0 Å². The topological polar surface area (TPSA) is 57.5 Å². The van der Waals surface area contributed by atoms with Crippen LogP contribution in [0.1, 0.15) is 23.7 Å². The van der Waals surface area contributed by atoms with Crippen molar-refractivity contribution in [3.8, 4) is 0 Å². The van der Waals surface area contributed by atoms with E-state index in [-0.39, 0.29) is 6.61 Å². The Kier molecular flexibility index (Phi) is 4.65. The maximum Gasteiger partial charge on any atom is 0.335 e. The molecule has 0 saturated carbocycles. The summed E-state index contributed by atoms with van der Waals surface area (Å²) in [5, 5.41) is 17.8. The van der Waals surface area contributed by atoms with Crippen LogP contribution in [0.25, 0.3) is 0 Å². The highest BCUT2D eigenvalue weighted by Crippen LogP contribution is 2.25. The minimum absolute atomic E-state index is 0.182. The van der Waals surface area contributed by atoms with E-state index in [9.17, 15) is 4.79 Å². The lowest BCUT2D eigenvalue weighted by atomic mass is 10.2. The minimum atomic E-state index is -0.907. The van der Waals surface area contributed by atoms with Gasteiger partial charge in [-0.2, -0.15) is 0 Å². The molecule has 15 heavy (non-hydrogen) atoms. The zero-order valence-corrected chi connectivity index (χ0v) is 9.33. The van der Waals surface area contributed by atoms with E-state index < -0.39 is 5.97 Å². The predicted octanol–water partition coefficient (Wildman–Crippen LogP) is 2.25. The van der Waals surface area contributed by atoms with E-state index in [0.29, 0.717) is 10.8 Å². The molecule has 1 rings (SSSR count). The van der Waals surface area contributed by atoms with E-state index in [1.807, 2.05) is 6.92 Å². The van der Waals surface area contributed by atoms with Crippen molar-refractivity contribution in [2.24, 2.45) is 0 Å². The maximum absolute atomic E-state index is 10.6. The van der Waals surface area contributed by atoms with Crippen molar-refractivity contribution >= 4 is 17.7 Å². The highest BCUT2D eigenvalue weighted by Gasteiger charge is 2.05. The average Bonchev–Trinajstić information content (AvgIpc) is 2.18. The Morgan fingerprint density at radius 1 is 1.40 bits per heavy atom. The van der Waals surface area contributed by atoms with Crippen LogP contribution in [0.2, 0.25) is 0 Å². The molecule has 0 amide bonds. The molecular weight excluding hydrogens is 212 g/mol. The van der Waals surface area contributed by atoms with Crippen molar-refractivity contribution in [1.29, 1.82) is 0 Å². The SMILES string of the molecule is CC(CCO)Sc1ccc(C(=O)O)cc1. The summed E-state index contributed by atoms with van der Waals surface area (Å²) in [6, 6.07) is 6.77. The van der Waals surface area contributed by atoms with Crippen LogP contribution < -0.4 is 0 Å². The number of carboxylic acids is 1. The maximum atomic E-state index is 10.6. The van der Waals surface area contributed by atoms with Crippen molar-refractivity contribution < 1.29 is 15.0 Å². The Morgan fingerprint density at radius 2 is 2.00 bits per heavy atom. The second kappa shape index (κ2) is 5.78. The molecule has 0 bridgehead atoms. The van der Waals surface area contributed by atoms with Gasteiger partial charge in [0.1, 0.15) is 0 Å². The minimum Gasteiger partial charge on any atom is -0.478 e. The highest BCUT2D eigenvalue weighted by atomic mass is 32.2. The lowest BCUT2D eigenvalue weighted by Gasteiger charge is -2.08. The molecule has 1 aromatic rings. The normalized spacial score (nSPS) is 12.4. The second-order valence-corrected chi connectivity index (χ2v) is 4.78. The van der Waals surface area contributed by atoms with Crippen LogP contribution in [0.3, 0.4) is 0 Å². The van der Waals surface area contributed by atoms with Crippen LogP contribution in [0.4, 0.5) is 0 Å². The third kappa shape index (κ3) is 3.93. The van der Waals surface area contributed by atoms with Gasteiger partial charge in [-0.25, -0.2) is 4.79 Å². The Balaban J connectivity index is 2.60. The van der Waals surface area contributed by atoms with Crippen LogP contribution in [-0.4, -0.2) is 28.0 Å². The number of aliphatic hydroxyl groups excluding tert-OH is 1. The summed E-state index contributed by atoms with van der Waals surface area (Å²) in [5.74, 6) is -0.907. The summed E-state index contributed by atoms with van der Waals surface area (Å²) < 4.78 is 0. The largest absolute Gasteiger partial charge is 0.478 e. The highest BCUT2D eigenvalue weighted by molar-refractivity contribution is 7.99. The molecule has 0 fully saturated rings. The van der Waals surface area contributed by atoms with E-state index in [2.05, 4.69) is 0 Å². The zero-order chi connectivity index (χ0) is 11.3. The fourth-order valence-corrected chi connectivity index (χ4v) is 2.13. The Morgan fingerprint density at radius 3 is 2.47 bits per heavy atom. The van der Waals surface area contributed by atoms with Gasteiger partial charge in [-0.15, -0.1) is 11.8 Å². The first-order valence-corrected chi connectivity index (χ1v) is 5.62. The van der Waals surface area contributed by atoms with E-state index in [4.69, 9.17) is 10.2 Å². The number of carbonyl (C=O) groups is 1. The number of hydrogen-bond acceptors (Lipinski definition) is 3. The smallest absolute Gasteiger partial charge is 0.335 e. The van der Waals surface area contributed by atoms with Gasteiger partial charge in [0, 0.05) is 16.8 Å². The molecule has 1 aromatic carbocycles. The molecule has 0 spiro atoms. The van der Waals surface area contributed by atoms with Crippen molar-refractivity contribution in [3.05, 3.63) is 29.8 Å². The molecule has 1 atom stereocenters. The summed E-state index contributed by atoms with van der Waals surface area (Å²) >= 11 is 1.64. The summed E-state index contributed by atoms with van der Waals surface area (Å²) in [4.78, 5) is 11.6. The lowest BCUT2D eigenvalue weighted by molar-refractivity contribution is 0.0697. The average molecular weight is 226 g/mol. The quantitative estimate of drug-likeness (QED) is 0.756. The van der Waals surface area contributed by atoms with Gasteiger partial charge in [0.25, 0.3) is 0 Å². The van der Waals surface area contributed by atoms with Crippen molar-refractivity contribution in [2.75, 3.05) is 6.61 Å². The Hall–Kier alpha value is -1.00. The van der Waals surface area contributed by atoms with Crippen LogP contribution in [0.15, 0.2) is 29.2 Å². The molecule has 0 aliphatic rings. The number of benzene rings is 1. The molecule has 1 unspecified atom stereocenters. The Bertz CT molecular complexity index is 321. The molecule has 0 radical (unpaired) electrons. The first-order chi connectivity index (χ1) is 7.13. The van der Waals surface area contributed by atoms with E-state index in [1.165, 1.54) is 0 Å². The fraction of sp³-hybridized carbons (Fsp3) is 0.364. The monoisotopic (exact) mass is 226 g/mol. The number of aliphatic hydroxyl groups is 1. The first-order valence-electron chi connectivity index (χ1n) is 4.74. The Labute approximate surface area is 93.1 Å². The lowest BCUT2D eigenvalue weighted by Crippen LogP contribution is -1.99. The molecule has 3 nitrogen and oxygen atoms in total. The fourth-order valence-electron chi connectivity index (χ4n) is 1.15. The molecule has 0 aliphatic carbocycles. The van der Waals surface area contributed by atoms with Crippen LogP contribution in [0.5, 0.6) is 0 Å². The third-order valence-corrected chi connectivity index (χ3v) is 3.16. The molecule has 2 N–H and O–H groups in total.